The monoisotopic (exact) mass is 408 g/mol. The molecule has 4 rings (SSSR count). The fourth-order valence-electron chi connectivity index (χ4n) is 3.37. The van der Waals surface area contributed by atoms with Gasteiger partial charge in [-0.1, -0.05) is 48.2 Å². The fourth-order valence-corrected chi connectivity index (χ4v) is 4.14. The highest BCUT2D eigenvalue weighted by atomic mass is 32.2. The van der Waals surface area contributed by atoms with Crippen LogP contribution >= 0.6 is 11.8 Å². The molecule has 0 radical (unpaired) electrons. The highest BCUT2D eigenvalue weighted by Crippen LogP contribution is 2.31. The quantitative estimate of drug-likeness (QED) is 0.648. The maximum absolute atomic E-state index is 12.5. The number of hydrogen-bond donors (Lipinski definition) is 1. The van der Waals surface area contributed by atoms with Crippen molar-refractivity contribution in [3.8, 4) is 0 Å². The number of nitrogens with zero attached hydrogens (tertiary/aromatic N) is 3. The van der Waals surface area contributed by atoms with E-state index in [1.54, 1.807) is 0 Å². The Morgan fingerprint density at radius 2 is 1.86 bits per heavy atom. The van der Waals surface area contributed by atoms with Crippen LogP contribution in [0.3, 0.4) is 0 Å². The van der Waals surface area contributed by atoms with Crippen molar-refractivity contribution >= 4 is 39.9 Å². The van der Waals surface area contributed by atoms with Gasteiger partial charge >= 0.3 is 0 Å². The number of carbonyl (C=O) groups excluding carboxylic acids is 1. The van der Waals surface area contributed by atoms with Crippen LogP contribution in [0.4, 0.5) is 11.5 Å². The summed E-state index contributed by atoms with van der Waals surface area (Å²) in [6.45, 7) is 7.02. The molecule has 2 heterocycles. The summed E-state index contributed by atoms with van der Waals surface area (Å²) in [7, 11) is 0. The Hall–Kier alpha value is -2.64. The standard InChI is InChI=1S/C22H24N4O2S/c1-15-7-8-16(2)19(13-15)23-20(27)14-29-22-18-6-4-3-5-17(18)21(24-25-22)26-9-11-28-12-10-26/h3-8,13H,9-12,14H2,1-2H3,(H,23,27). The van der Waals surface area contributed by atoms with Crippen molar-refractivity contribution in [2.75, 3.05) is 42.3 Å². The van der Waals surface area contributed by atoms with E-state index >= 15 is 0 Å². The number of ether oxygens (including phenoxy) is 1. The van der Waals surface area contributed by atoms with Gasteiger partial charge in [0.15, 0.2) is 5.82 Å². The molecule has 0 atom stereocenters. The first kappa shape index (κ1) is 19.7. The van der Waals surface area contributed by atoms with Crippen molar-refractivity contribution in [3.05, 3.63) is 53.6 Å². The second-order valence-electron chi connectivity index (χ2n) is 7.13. The van der Waals surface area contributed by atoms with E-state index in [9.17, 15) is 4.79 Å². The van der Waals surface area contributed by atoms with Crippen molar-refractivity contribution in [1.29, 1.82) is 0 Å². The lowest BCUT2D eigenvalue weighted by molar-refractivity contribution is -0.113. The molecule has 1 saturated heterocycles. The van der Waals surface area contributed by atoms with Crippen molar-refractivity contribution in [2.45, 2.75) is 18.9 Å². The summed E-state index contributed by atoms with van der Waals surface area (Å²) in [6, 6.07) is 14.2. The van der Waals surface area contributed by atoms with Gasteiger partial charge in [-0.2, -0.15) is 0 Å². The molecule has 1 aliphatic rings. The first-order valence-electron chi connectivity index (χ1n) is 9.70. The van der Waals surface area contributed by atoms with Gasteiger partial charge in [0.2, 0.25) is 5.91 Å². The van der Waals surface area contributed by atoms with Crippen molar-refractivity contribution in [3.63, 3.8) is 0 Å². The second-order valence-corrected chi connectivity index (χ2v) is 8.09. The summed E-state index contributed by atoms with van der Waals surface area (Å²) in [4.78, 5) is 14.7. The third kappa shape index (κ3) is 4.52. The Kier molecular flexibility index (Phi) is 5.97. The molecule has 1 aromatic heterocycles. The molecule has 0 unspecified atom stereocenters. The molecule has 150 valence electrons. The summed E-state index contributed by atoms with van der Waals surface area (Å²) in [6.07, 6.45) is 0. The molecule has 2 aromatic carbocycles. The minimum atomic E-state index is -0.0492. The number of thioether (sulfide) groups is 1. The van der Waals surface area contributed by atoms with Gasteiger partial charge in [0, 0.05) is 29.5 Å². The van der Waals surface area contributed by atoms with Crippen LogP contribution in [0, 0.1) is 13.8 Å². The van der Waals surface area contributed by atoms with E-state index in [1.807, 2.05) is 50.2 Å². The third-order valence-electron chi connectivity index (χ3n) is 4.95. The van der Waals surface area contributed by atoms with Gasteiger partial charge in [0.1, 0.15) is 5.03 Å². The van der Waals surface area contributed by atoms with Gasteiger partial charge in [-0.05, 0) is 31.0 Å². The average Bonchev–Trinajstić information content (AvgIpc) is 2.75. The molecule has 1 fully saturated rings. The van der Waals surface area contributed by atoms with E-state index in [0.29, 0.717) is 13.2 Å². The van der Waals surface area contributed by atoms with E-state index < -0.39 is 0 Å². The van der Waals surface area contributed by atoms with E-state index in [1.165, 1.54) is 11.8 Å². The highest BCUT2D eigenvalue weighted by molar-refractivity contribution is 8.00. The molecule has 3 aromatic rings. The first-order chi connectivity index (χ1) is 14.1. The molecule has 6 nitrogen and oxygen atoms in total. The van der Waals surface area contributed by atoms with Crippen LogP contribution in [0.25, 0.3) is 10.8 Å². The molecule has 1 aliphatic heterocycles. The summed E-state index contributed by atoms with van der Waals surface area (Å²) >= 11 is 1.41. The van der Waals surface area contributed by atoms with Crippen LogP contribution in [0.1, 0.15) is 11.1 Å². The van der Waals surface area contributed by atoms with Crippen LogP contribution < -0.4 is 10.2 Å². The minimum Gasteiger partial charge on any atom is -0.378 e. The number of carbonyl (C=O) groups is 1. The van der Waals surface area contributed by atoms with Crippen molar-refractivity contribution in [1.82, 2.24) is 10.2 Å². The lowest BCUT2D eigenvalue weighted by atomic mass is 10.1. The van der Waals surface area contributed by atoms with E-state index in [2.05, 4.69) is 26.5 Å². The Labute approximate surface area is 174 Å². The summed E-state index contributed by atoms with van der Waals surface area (Å²) < 4.78 is 5.45. The zero-order valence-corrected chi connectivity index (χ0v) is 17.5. The van der Waals surface area contributed by atoms with E-state index in [-0.39, 0.29) is 11.7 Å². The maximum Gasteiger partial charge on any atom is 0.234 e. The summed E-state index contributed by atoms with van der Waals surface area (Å²) in [5.74, 6) is 1.11. The molecular formula is C22H24N4O2S. The van der Waals surface area contributed by atoms with Gasteiger partial charge in [-0.15, -0.1) is 10.2 Å². The molecule has 7 heteroatoms. The predicted molar refractivity (Wildman–Crippen MR) is 118 cm³/mol. The number of aromatic nitrogens is 2. The lowest BCUT2D eigenvalue weighted by Gasteiger charge is -2.28. The number of rotatable bonds is 5. The van der Waals surface area contributed by atoms with E-state index in [4.69, 9.17) is 4.74 Å². The fraction of sp³-hybridized carbons (Fsp3) is 0.318. The maximum atomic E-state index is 12.5. The first-order valence-corrected chi connectivity index (χ1v) is 10.7. The molecule has 1 amide bonds. The smallest absolute Gasteiger partial charge is 0.234 e. The molecule has 0 saturated carbocycles. The molecule has 29 heavy (non-hydrogen) atoms. The number of aryl methyl sites for hydroxylation is 2. The number of amides is 1. The van der Waals surface area contributed by atoms with E-state index in [0.717, 1.165) is 51.5 Å². The van der Waals surface area contributed by atoms with Gasteiger partial charge < -0.3 is 15.0 Å². The van der Waals surface area contributed by atoms with Crippen LogP contribution in [0.5, 0.6) is 0 Å². The van der Waals surface area contributed by atoms with Crippen LogP contribution in [0.15, 0.2) is 47.5 Å². The van der Waals surface area contributed by atoms with Crippen LogP contribution in [0.2, 0.25) is 0 Å². The number of hydrogen-bond acceptors (Lipinski definition) is 6. The Morgan fingerprint density at radius 1 is 1.10 bits per heavy atom. The largest absolute Gasteiger partial charge is 0.378 e. The van der Waals surface area contributed by atoms with Gasteiger partial charge in [0.05, 0.1) is 19.0 Å². The summed E-state index contributed by atoms with van der Waals surface area (Å²) in [5, 5.41) is 14.8. The van der Waals surface area contributed by atoms with Crippen molar-refractivity contribution in [2.24, 2.45) is 0 Å². The number of anilines is 2. The number of fused-ring (bicyclic) bond motifs is 1. The second kappa shape index (κ2) is 8.80. The number of benzene rings is 2. The number of morpholine rings is 1. The molecule has 0 bridgehead atoms. The number of nitrogens with one attached hydrogen (secondary N) is 1. The molecule has 1 N–H and O–H groups in total. The topological polar surface area (TPSA) is 67.4 Å². The zero-order chi connectivity index (χ0) is 20.2. The third-order valence-corrected chi connectivity index (χ3v) is 5.93. The zero-order valence-electron chi connectivity index (χ0n) is 16.6. The minimum absolute atomic E-state index is 0.0492. The average molecular weight is 409 g/mol. The molecule has 0 spiro atoms. The lowest BCUT2D eigenvalue weighted by Crippen LogP contribution is -2.37. The predicted octanol–water partition coefficient (Wildman–Crippen LogP) is 3.81. The van der Waals surface area contributed by atoms with Crippen molar-refractivity contribution < 1.29 is 9.53 Å². The van der Waals surface area contributed by atoms with Gasteiger partial charge in [-0.3, -0.25) is 4.79 Å². The normalized spacial score (nSPS) is 14.2. The van der Waals surface area contributed by atoms with Crippen LogP contribution in [-0.2, 0) is 9.53 Å². The Bertz CT molecular complexity index is 1030. The highest BCUT2D eigenvalue weighted by Gasteiger charge is 2.18. The SMILES string of the molecule is Cc1ccc(C)c(NC(=O)CSc2nnc(N3CCOCC3)c3ccccc23)c1. The Balaban J connectivity index is 1.51. The summed E-state index contributed by atoms with van der Waals surface area (Å²) in [5.41, 5.74) is 3.03. The molecule has 0 aliphatic carbocycles. The van der Waals surface area contributed by atoms with Crippen LogP contribution in [-0.4, -0.2) is 48.2 Å². The molecular weight excluding hydrogens is 384 g/mol. The Morgan fingerprint density at radius 3 is 2.66 bits per heavy atom. The van der Waals surface area contributed by atoms with Gasteiger partial charge in [0.25, 0.3) is 0 Å². The van der Waals surface area contributed by atoms with Gasteiger partial charge in [-0.25, -0.2) is 0 Å².